The van der Waals surface area contributed by atoms with Crippen LogP contribution >= 0.6 is 0 Å². The molecule has 0 fully saturated rings. The lowest BCUT2D eigenvalue weighted by atomic mass is 10.1. The molecule has 4 nitrogen and oxygen atoms in total. The second-order valence-electron chi connectivity index (χ2n) is 7.11. The lowest BCUT2D eigenvalue weighted by molar-refractivity contribution is 0.602. The van der Waals surface area contributed by atoms with Gasteiger partial charge in [0, 0.05) is 24.6 Å². The molecular formula is C21H24N2O2S. The Balaban J connectivity index is 1.95. The third kappa shape index (κ3) is 4.05. The van der Waals surface area contributed by atoms with Crippen LogP contribution in [0.5, 0.6) is 0 Å². The Labute approximate surface area is 155 Å². The molecule has 3 aromatic rings. The highest BCUT2D eigenvalue weighted by atomic mass is 32.2. The van der Waals surface area contributed by atoms with Crippen molar-refractivity contribution < 1.29 is 8.42 Å². The SMILES string of the molecule is Cc1cn(-c2ccc(-c3cccc(S(C)(=O)=O)c3)cc2)c(CC(C)C)n1. The third-order valence-corrected chi connectivity index (χ3v) is 5.34. The molecule has 0 atom stereocenters. The minimum Gasteiger partial charge on any atom is -0.303 e. The van der Waals surface area contributed by atoms with E-state index in [1.807, 2.05) is 37.3 Å². The van der Waals surface area contributed by atoms with E-state index in [1.165, 1.54) is 6.26 Å². The lowest BCUT2D eigenvalue weighted by Gasteiger charge is -2.11. The Bertz CT molecular complexity index is 1020. The fourth-order valence-corrected chi connectivity index (χ4v) is 3.67. The summed E-state index contributed by atoms with van der Waals surface area (Å²) in [6.07, 6.45) is 4.20. The Kier molecular flexibility index (Phi) is 5.01. The monoisotopic (exact) mass is 368 g/mol. The van der Waals surface area contributed by atoms with Gasteiger partial charge in [-0.25, -0.2) is 13.4 Å². The predicted molar refractivity (Wildman–Crippen MR) is 105 cm³/mol. The first-order valence-electron chi connectivity index (χ1n) is 8.70. The van der Waals surface area contributed by atoms with Crippen LogP contribution in [0, 0.1) is 12.8 Å². The number of imidazole rings is 1. The van der Waals surface area contributed by atoms with Crippen molar-refractivity contribution in [1.82, 2.24) is 9.55 Å². The molecule has 0 aliphatic heterocycles. The van der Waals surface area contributed by atoms with Crippen molar-refractivity contribution in [3.05, 3.63) is 66.2 Å². The second kappa shape index (κ2) is 7.08. The van der Waals surface area contributed by atoms with Gasteiger partial charge < -0.3 is 4.57 Å². The van der Waals surface area contributed by atoms with Crippen LogP contribution in [0.25, 0.3) is 16.8 Å². The Morgan fingerprint density at radius 2 is 1.73 bits per heavy atom. The summed E-state index contributed by atoms with van der Waals surface area (Å²) < 4.78 is 25.7. The molecule has 0 aliphatic rings. The zero-order valence-corrected chi connectivity index (χ0v) is 16.4. The number of aryl methyl sites for hydroxylation is 1. The molecule has 3 rings (SSSR count). The van der Waals surface area contributed by atoms with Gasteiger partial charge in [-0.2, -0.15) is 0 Å². The van der Waals surface area contributed by atoms with Gasteiger partial charge in [-0.05, 0) is 48.2 Å². The van der Waals surface area contributed by atoms with Gasteiger partial charge in [0.2, 0.25) is 0 Å². The third-order valence-electron chi connectivity index (χ3n) is 4.23. The van der Waals surface area contributed by atoms with Crippen LogP contribution in [-0.4, -0.2) is 24.2 Å². The summed E-state index contributed by atoms with van der Waals surface area (Å²) in [5.74, 6) is 1.60. The van der Waals surface area contributed by atoms with Gasteiger partial charge in [-0.3, -0.25) is 0 Å². The normalized spacial score (nSPS) is 11.9. The minimum absolute atomic E-state index is 0.337. The van der Waals surface area contributed by atoms with E-state index in [0.29, 0.717) is 10.8 Å². The molecular weight excluding hydrogens is 344 g/mol. The minimum atomic E-state index is -3.21. The maximum absolute atomic E-state index is 11.8. The number of sulfone groups is 1. The maximum Gasteiger partial charge on any atom is 0.175 e. The average molecular weight is 369 g/mol. The van der Waals surface area contributed by atoms with E-state index in [4.69, 9.17) is 0 Å². The highest BCUT2D eigenvalue weighted by Gasteiger charge is 2.11. The fraction of sp³-hybridized carbons (Fsp3) is 0.286. The van der Waals surface area contributed by atoms with Crippen molar-refractivity contribution in [2.75, 3.05) is 6.26 Å². The molecule has 136 valence electrons. The van der Waals surface area contributed by atoms with Crippen molar-refractivity contribution in [1.29, 1.82) is 0 Å². The van der Waals surface area contributed by atoms with Gasteiger partial charge in [0.15, 0.2) is 9.84 Å². The molecule has 0 saturated carbocycles. The highest BCUT2D eigenvalue weighted by molar-refractivity contribution is 7.90. The molecule has 0 saturated heterocycles. The Morgan fingerprint density at radius 3 is 2.35 bits per heavy atom. The van der Waals surface area contributed by atoms with Crippen molar-refractivity contribution >= 4 is 9.84 Å². The zero-order valence-electron chi connectivity index (χ0n) is 15.6. The van der Waals surface area contributed by atoms with Gasteiger partial charge in [0.05, 0.1) is 10.6 Å². The van der Waals surface area contributed by atoms with Gasteiger partial charge in [0.25, 0.3) is 0 Å². The molecule has 0 unspecified atom stereocenters. The van der Waals surface area contributed by atoms with E-state index in [0.717, 1.165) is 34.8 Å². The molecule has 5 heteroatoms. The van der Waals surface area contributed by atoms with Gasteiger partial charge >= 0.3 is 0 Å². The number of hydrogen-bond donors (Lipinski definition) is 0. The van der Waals surface area contributed by atoms with E-state index in [1.54, 1.807) is 18.2 Å². The van der Waals surface area contributed by atoms with E-state index >= 15 is 0 Å². The predicted octanol–water partition coefficient (Wildman–Crippen LogP) is 4.45. The zero-order chi connectivity index (χ0) is 18.9. The van der Waals surface area contributed by atoms with Crippen LogP contribution < -0.4 is 0 Å². The average Bonchev–Trinajstić information content (AvgIpc) is 2.94. The summed E-state index contributed by atoms with van der Waals surface area (Å²) in [6.45, 7) is 6.38. The first kappa shape index (κ1) is 18.4. The van der Waals surface area contributed by atoms with Crippen LogP contribution in [0.3, 0.4) is 0 Å². The van der Waals surface area contributed by atoms with Crippen molar-refractivity contribution in [2.24, 2.45) is 5.92 Å². The highest BCUT2D eigenvalue weighted by Crippen LogP contribution is 2.24. The topological polar surface area (TPSA) is 52.0 Å². The largest absolute Gasteiger partial charge is 0.303 e. The molecule has 0 radical (unpaired) electrons. The quantitative estimate of drug-likeness (QED) is 0.668. The van der Waals surface area contributed by atoms with Crippen molar-refractivity contribution in [3.8, 4) is 16.8 Å². The van der Waals surface area contributed by atoms with E-state index in [-0.39, 0.29) is 0 Å². The molecule has 0 N–H and O–H groups in total. The number of aromatic nitrogens is 2. The van der Waals surface area contributed by atoms with E-state index in [9.17, 15) is 8.42 Å². The summed E-state index contributed by atoms with van der Waals surface area (Å²) in [5, 5.41) is 0. The van der Waals surface area contributed by atoms with Crippen molar-refractivity contribution in [2.45, 2.75) is 32.1 Å². The first-order valence-corrected chi connectivity index (χ1v) is 10.6. The van der Waals surface area contributed by atoms with Gasteiger partial charge in [-0.1, -0.05) is 38.1 Å². The number of hydrogen-bond acceptors (Lipinski definition) is 3. The van der Waals surface area contributed by atoms with Crippen molar-refractivity contribution in [3.63, 3.8) is 0 Å². The first-order chi connectivity index (χ1) is 12.2. The molecule has 1 aromatic heterocycles. The molecule has 0 amide bonds. The summed E-state index contributed by atoms with van der Waals surface area (Å²) >= 11 is 0. The second-order valence-corrected chi connectivity index (χ2v) is 9.13. The molecule has 0 spiro atoms. The summed E-state index contributed by atoms with van der Waals surface area (Å²) in [6, 6.07) is 15.2. The smallest absolute Gasteiger partial charge is 0.175 e. The van der Waals surface area contributed by atoms with E-state index in [2.05, 4.69) is 29.6 Å². The number of benzene rings is 2. The van der Waals surface area contributed by atoms with Crippen LogP contribution in [0.2, 0.25) is 0 Å². The molecule has 2 aromatic carbocycles. The summed E-state index contributed by atoms with van der Waals surface area (Å²) in [4.78, 5) is 4.98. The Hall–Kier alpha value is -2.40. The molecule has 0 bridgehead atoms. The molecule has 0 aliphatic carbocycles. The van der Waals surface area contributed by atoms with Crippen LogP contribution in [0.1, 0.15) is 25.4 Å². The van der Waals surface area contributed by atoms with Crippen LogP contribution in [0.4, 0.5) is 0 Å². The van der Waals surface area contributed by atoms with E-state index < -0.39 is 9.84 Å². The number of rotatable bonds is 5. The fourth-order valence-electron chi connectivity index (χ4n) is 3.00. The van der Waals surface area contributed by atoms with Gasteiger partial charge in [-0.15, -0.1) is 0 Å². The summed E-state index contributed by atoms with van der Waals surface area (Å²) in [7, 11) is -3.21. The maximum atomic E-state index is 11.8. The standard InChI is InChI=1S/C21H24N2O2S/c1-15(2)12-21-22-16(3)14-23(21)19-10-8-17(9-11-19)18-6-5-7-20(13-18)26(4,24)25/h5-11,13-15H,12H2,1-4H3. The number of nitrogens with zero attached hydrogens (tertiary/aromatic N) is 2. The van der Waals surface area contributed by atoms with Crippen LogP contribution in [-0.2, 0) is 16.3 Å². The molecule has 1 heterocycles. The van der Waals surface area contributed by atoms with Crippen LogP contribution in [0.15, 0.2) is 59.6 Å². The Morgan fingerprint density at radius 1 is 1.04 bits per heavy atom. The van der Waals surface area contributed by atoms with Gasteiger partial charge in [0.1, 0.15) is 5.82 Å². The lowest BCUT2D eigenvalue weighted by Crippen LogP contribution is -2.04. The summed E-state index contributed by atoms with van der Waals surface area (Å²) in [5.41, 5.74) is 3.94. The molecule has 26 heavy (non-hydrogen) atoms.